The summed E-state index contributed by atoms with van der Waals surface area (Å²) in [6.07, 6.45) is 4.21. The Labute approximate surface area is 266 Å². The van der Waals surface area contributed by atoms with Crippen molar-refractivity contribution in [3.05, 3.63) is 75.6 Å². The Morgan fingerprint density at radius 2 is 1.11 bits per heavy atom. The molecule has 0 saturated heterocycles. The maximum absolute atomic E-state index is 14.1. The molecule has 0 saturated carbocycles. The summed E-state index contributed by atoms with van der Waals surface area (Å²) in [6.45, 7) is 16.1. The van der Waals surface area contributed by atoms with E-state index in [4.69, 9.17) is 6.57 Å². The molecule has 8 nitrogen and oxygen atoms in total. The lowest BCUT2D eigenvalue weighted by molar-refractivity contribution is 0.0510. The third kappa shape index (κ3) is 3.64. The van der Waals surface area contributed by atoms with Gasteiger partial charge >= 0.3 is 0 Å². The van der Waals surface area contributed by atoms with E-state index in [1.54, 1.807) is 36.4 Å². The van der Waals surface area contributed by atoms with E-state index in [0.717, 1.165) is 12.8 Å². The maximum Gasteiger partial charge on any atom is 0.261 e. The van der Waals surface area contributed by atoms with Gasteiger partial charge in [0.05, 0.1) is 23.8 Å². The minimum Gasteiger partial charge on any atom is -0.271 e. The number of benzene rings is 5. The van der Waals surface area contributed by atoms with Crippen LogP contribution in [-0.2, 0) is 0 Å². The molecule has 4 amide bonds. The first kappa shape index (κ1) is 29.4. The molecule has 7 rings (SSSR count). The Morgan fingerprint density at radius 1 is 0.652 bits per heavy atom. The number of carbonyl (C=O) groups is 4. The highest BCUT2D eigenvalue weighted by Crippen LogP contribution is 2.50. The van der Waals surface area contributed by atoms with Gasteiger partial charge in [-0.3, -0.25) is 29.0 Å². The van der Waals surface area contributed by atoms with Crippen molar-refractivity contribution in [2.45, 2.75) is 78.3 Å². The van der Waals surface area contributed by atoms with Crippen LogP contribution < -0.4 is 0 Å². The zero-order valence-electron chi connectivity index (χ0n) is 26.3. The van der Waals surface area contributed by atoms with Gasteiger partial charge in [0.25, 0.3) is 23.6 Å². The molecule has 0 bridgehead atoms. The first-order chi connectivity index (χ1) is 22.3. The molecule has 0 radical (unpaired) electrons. The van der Waals surface area contributed by atoms with Crippen molar-refractivity contribution in [2.24, 2.45) is 0 Å². The molecule has 228 valence electrons. The minimum absolute atomic E-state index is 0.237. The van der Waals surface area contributed by atoms with Gasteiger partial charge in [-0.25, -0.2) is 4.85 Å². The topological polar surface area (TPSA) is 103 Å². The van der Waals surface area contributed by atoms with Crippen LogP contribution in [0, 0.1) is 17.9 Å². The predicted octanol–water partition coefficient (Wildman–Crippen LogP) is 8.51. The first-order valence-corrected chi connectivity index (χ1v) is 16.1. The first-order valence-electron chi connectivity index (χ1n) is 16.1. The van der Waals surface area contributed by atoms with Crippen LogP contribution in [0.4, 0.5) is 5.69 Å². The van der Waals surface area contributed by atoms with Crippen molar-refractivity contribution >= 4 is 72.4 Å². The number of hydrogen-bond donors (Lipinski definition) is 0. The van der Waals surface area contributed by atoms with Crippen LogP contribution in [0.15, 0.2) is 36.4 Å². The fourth-order valence-electron chi connectivity index (χ4n) is 8.02. The van der Waals surface area contributed by atoms with Gasteiger partial charge in [-0.05, 0) is 76.9 Å². The molecule has 2 atom stereocenters. The van der Waals surface area contributed by atoms with Gasteiger partial charge in [-0.2, -0.15) is 5.26 Å². The zero-order chi connectivity index (χ0) is 32.6. The van der Waals surface area contributed by atoms with Gasteiger partial charge in [0.1, 0.15) is 0 Å². The molecule has 0 N–H and O–H groups in total. The highest BCUT2D eigenvalue weighted by Gasteiger charge is 2.41. The summed E-state index contributed by atoms with van der Waals surface area (Å²) in [5.41, 5.74) is 1.85. The fourth-order valence-corrected chi connectivity index (χ4v) is 8.02. The Balaban J connectivity index is 1.63. The fraction of sp³-hybridized carbons (Fsp3) is 0.316. The Kier molecular flexibility index (Phi) is 6.79. The van der Waals surface area contributed by atoms with E-state index in [1.807, 2.05) is 27.7 Å². The van der Waals surface area contributed by atoms with Crippen LogP contribution in [-0.4, -0.2) is 45.5 Å². The van der Waals surface area contributed by atoms with E-state index in [-0.39, 0.29) is 35.1 Å². The summed E-state index contributed by atoms with van der Waals surface area (Å²) >= 11 is 0. The third-order valence-electron chi connectivity index (χ3n) is 10.0. The van der Waals surface area contributed by atoms with Gasteiger partial charge < -0.3 is 0 Å². The van der Waals surface area contributed by atoms with Crippen molar-refractivity contribution < 1.29 is 19.2 Å². The summed E-state index contributed by atoms with van der Waals surface area (Å²) in [4.78, 5) is 62.8. The number of nitrogens with zero attached hydrogens (tertiary/aromatic N) is 4. The van der Waals surface area contributed by atoms with Crippen LogP contribution in [0.1, 0.15) is 113 Å². The molecule has 0 unspecified atom stereocenters. The summed E-state index contributed by atoms with van der Waals surface area (Å²) in [5, 5.41) is 14.9. The van der Waals surface area contributed by atoms with Crippen molar-refractivity contribution in [3.8, 4) is 6.07 Å². The number of imide groups is 2. The minimum atomic E-state index is -0.423. The highest BCUT2D eigenvalue weighted by molar-refractivity contribution is 6.43. The molecule has 0 spiro atoms. The van der Waals surface area contributed by atoms with Crippen LogP contribution in [0.25, 0.3) is 47.9 Å². The average Bonchev–Trinajstić information content (AvgIpc) is 3.07. The number of fused-ring (bicyclic) bond motifs is 2. The second-order valence-electron chi connectivity index (χ2n) is 12.4. The molecule has 5 aromatic carbocycles. The molecular formula is C38H32N4O4. The normalized spacial score (nSPS) is 15.8. The molecule has 2 aliphatic rings. The number of rotatable bonds is 8. The third-order valence-corrected chi connectivity index (χ3v) is 10.0. The maximum atomic E-state index is 14.1. The van der Waals surface area contributed by atoms with Crippen molar-refractivity contribution in [1.82, 2.24) is 9.80 Å². The Bertz CT molecular complexity index is 2130. The van der Waals surface area contributed by atoms with Gasteiger partial charge in [-0.15, -0.1) is 0 Å². The second-order valence-corrected chi connectivity index (χ2v) is 12.4. The quantitative estimate of drug-likeness (QED) is 0.0760. The van der Waals surface area contributed by atoms with Crippen LogP contribution >= 0.6 is 0 Å². The number of hydrogen-bond acceptors (Lipinski definition) is 5. The molecule has 5 aromatic rings. The second kappa shape index (κ2) is 10.6. The Hall–Kier alpha value is -5.34. The lowest BCUT2D eigenvalue weighted by Crippen LogP contribution is -2.47. The predicted molar refractivity (Wildman–Crippen MR) is 178 cm³/mol. The molecule has 0 aromatic heterocycles. The molecule has 8 heteroatoms. The summed E-state index contributed by atoms with van der Waals surface area (Å²) in [6, 6.07) is 11.9. The molecule has 46 heavy (non-hydrogen) atoms. The molecule has 2 aliphatic heterocycles. The van der Waals surface area contributed by atoms with E-state index in [0.29, 0.717) is 91.0 Å². The van der Waals surface area contributed by atoms with Gasteiger partial charge in [0.15, 0.2) is 5.69 Å². The SMILES string of the molecule is [C-]#[N+]c1cc2c3c(ccc4c5c(C#N)cc6c7c(ccc(c1c34)c75)C(=O)N([C@@H](CC)CCC)C6=O)C(=O)N([C@@H](CC)CCC)C2=O. The van der Waals surface area contributed by atoms with Crippen LogP contribution in [0.5, 0.6) is 0 Å². The van der Waals surface area contributed by atoms with Crippen molar-refractivity contribution in [2.75, 3.05) is 0 Å². The number of nitriles is 1. The van der Waals surface area contributed by atoms with Crippen LogP contribution in [0.2, 0.25) is 0 Å². The summed E-state index contributed by atoms with van der Waals surface area (Å²) in [7, 11) is 0. The number of amides is 4. The Morgan fingerprint density at radius 3 is 1.57 bits per heavy atom. The molecular weight excluding hydrogens is 576 g/mol. The van der Waals surface area contributed by atoms with Gasteiger partial charge in [-0.1, -0.05) is 52.7 Å². The molecule has 0 aliphatic carbocycles. The van der Waals surface area contributed by atoms with E-state index in [2.05, 4.69) is 10.9 Å². The van der Waals surface area contributed by atoms with E-state index in [1.165, 1.54) is 9.80 Å². The van der Waals surface area contributed by atoms with Crippen molar-refractivity contribution in [3.63, 3.8) is 0 Å². The van der Waals surface area contributed by atoms with Gasteiger partial charge in [0, 0.05) is 44.9 Å². The lowest BCUT2D eigenvalue weighted by atomic mass is 9.80. The van der Waals surface area contributed by atoms with Crippen LogP contribution in [0.3, 0.4) is 0 Å². The summed E-state index contributed by atoms with van der Waals surface area (Å²) < 4.78 is 0. The zero-order valence-corrected chi connectivity index (χ0v) is 26.3. The average molecular weight is 609 g/mol. The number of carbonyl (C=O) groups excluding carboxylic acids is 4. The van der Waals surface area contributed by atoms with Crippen molar-refractivity contribution in [1.29, 1.82) is 5.26 Å². The van der Waals surface area contributed by atoms with Gasteiger partial charge in [0.2, 0.25) is 0 Å². The van der Waals surface area contributed by atoms with E-state index < -0.39 is 11.8 Å². The standard InChI is InChI=1S/C38H32N4O4/c1-6-10-20(8-3)41-35(43)24-15-13-23-32-28(40-5)17-27-31-25(36(44)42(38(27)46)21(9-4)11-7-2)14-12-22(34(31)32)29-19(18-39)16-26(37(41)45)30(24)33(23)29/h12-17,20-21H,6-11H2,1-4H3/t20-,21-/m0/s1. The molecule has 2 heterocycles. The smallest absolute Gasteiger partial charge is 0.261 e. The monoisotopic (exact) mass is 608 g/mol. The lowest BCUT2D eigenvalue weighted by Gasteiger charge is -2.35. The molecule has 0 fully saturated rings. The van der Waals surface area contributed by atoms with E-state index in [9.17, 15) is 24.4 Å². The van der Waals surface area contributed by atoms with E-state index >= 15 is 0 Å². The summed E-state index contributed by atoms with van der Waals surface area (Å²) in [5.74, 6) is -1.57. The largest absolute Gasteiger partial charge is 0.271 e. The highest BCUT2D eigenvalue weighted by atomic mass is 16.2.